The van der Waals surface area contributed by atoms with E-state index in [0.717, 1.165) is 34.2 Å². The maximum absolute atomic E-state index is 5.34. The lowest BCUT2D eigenvalue weighted by Crippen LogP contribution is -2.05. The fraction of sp³-hybridized carbons (Fsp3) is 0.111. The molecule has 0 spiro atoms. The number of nitrogens with one attached hydrogen (secondary N) is 1. The van der Waals surface area contributed by atoms with Crippen molar-refractivity contribution >= 4 is 11.5 Å². The number of hydrogen-bond donors (Lipinski definition) is 1. The molecule has 24 heavy (non-hydrogen) atoms. The minimum Gasteiger partial charge on any atom is -0.497 e. The largest absolute Gasteiger partial charge is 0.497 e. The molecule has 0 aliphatic rings. The van der Waals surface area contributed by atoms with Gasteiger partial charge >= 0.3 is 0 Å². The van der Waals surface area contributed by atoms with Crippen LogP contribution >= 0.6 is 0 Å². The first-order chi connectivity index (χ1) is 11.8. The van der Waals surface area contributed by atoms with Crippen molar-refractivity contribution in [2.75, 3.05) is 12.4 Å². The van der Waals surface area contributed by atoms with Gasteiger partial charge in [-0.05, 0) is 42.5 Å². The van der Waals surface area contributed by atoms with Gasteiger partial charge in [0, 0.05) is 17.8 Å². The topological polar surface area (TPSA) is 64.6 Å². The Morgan fingerprint density at radius 2 is 2.04 bits per heavy atom. The summed E-state index contributed by atoms with van der Waals surface area (Å²) in [5, 5.41) is 7.98. The molecule has 3 aromatic heterocycles. The molecule has 4 aromatic rings. The van der Waals surface area contributed by atoms with Crippen molar-refractivity contribution in [2.24, 2.45) is 0 Å². The Bertz CT molecular complexity index is 943. The van der Waals surface area contributed by atoms with E-state index in [1.165, 1.54) is 0 Å². The maximum atomic E-state index is 5.34. The van der Waals surface area contributed by atoms with Crippen molar-refractivity contribution < 1.29 is 9.15 Å². The Kier molecular flexibility index (Phi) is 3.63. The van der Waals surface area contributed by atoms with Crippen LogP contribution in [0, 0.1) is 0 Å². The predicted molar refractivity (Wildman–Crippen MR) is 91.0 cm³/mol. The van der Waals surface area contributed by atoms with Crippen molar-refractivity contribution in [1.82, 2.24) is 14.6 Å². The molecular formula is C18H16N4O2. The first kappa shape index (κ1) is 14.3. The summed E-state index contributed by atoms with van der Waals surface area (Å²) < 4.78 is 12.3. The van der Waals surface area contributed by atoms with Crippen LogP contribution in [-0.4, -0.2) is 21.7 Å². The van der Waals surface area contributed by atoms with E-state index < -0.39 is 0 Å². The first-order valence-corrected chi connectivity index (χ1v) is 7.59. The number of nitrogens with zero attached hydrogens (tertiary/aromatic N) is 3. The van der Waals surface area contributed by atoms with Gasteiger partial charge in [-0.2, -0.15) is 9.61 Å². The van der Waals surface area contributed by atoms with E-state index in [-0.39, 0.29) is 0 Å². The third-order valence-corrected chi connectivity index (χ3v) is 3.77. The highest BCUT2D eigenvalue weighted by Crippen LogP contribution is 2.23. The van der Waals surface area contributed by atoms with Crippen LogP contribution in [-0.2, 0) is 6.54 Å². The van der Waals surface area contributed by atoms with E-state index in [2.05, 4.69) is 15.4 Å². The van der Waals surface area contributed by atoms with Gasteiger partial charge in [-0.15, -0.1) is 0 Å². The zero-order chi connectivity index (χ0) is 16.4. The second-order valence-corrected chi connectivity index (χ2v) is 5.29. The average Bonchev–Trinajstić information content (AvgIpc) is 3.29. The number of anilines is 1. The van der Waals surface area contributed by atoms with E-state index in [9.17, 15) is 0 Å². The van der Waals surface area contributed by atoms with Crippen molar-refractivity contribution in [3.05, 3.63) is 66.8 Å². The zero-order valence-electron chi connectivity index (χ0n) is 13.1. The van der Waals surface area contributed by atoms with E-state index in [0.29, 0.717) is 6.54 Å². The van der Waals surface area contributed by atoms with E-state index in [1.54, 1.807) is 24.1 Å². The van der Waals surface area contributed by atoms with Crippen molar-refractivity contribution in [3.8, 4) is 17.0 Å². The average molecular weight is 320 g/mol. The smallest absolute Gasteiger partial charge is 0.157 e. The van der Waals surface area contributed by atoms with Gasteiger partial charge in [-0.25, -0.2) is 4.98 Å². The third-order valence-electron chi connectivity index (χ3n) is 3.77. The molecule has 0 aliphatic heterocycles. The zero-order valence-corrected chi connectivity index (χ0v) is 13.1. The van der Waals surface area contributed by atoms with Crippen LogP contribution in [0.3, 0.4) is 0 Å². The van der Waals surface area contributed by atoms with Gasteiger partial charge in [-0.1, -0.05) is 0 Å². The molecule has 0 unspecified atom stereocenters. The van der Waals surface area contributed by atoms with Gasteiger partial charge in [-0.3, -0.25) is 0 Å². The molecule has 6 heteroatoms. The highest BCUT2D eigenvalue weighted by atomic mass is 16.5. The normalized spacial score (nSPS) is 10.9. The summed E-state index contributed by atoms with van der Waals surface area (Å²) in [4.78, 5) is 4.38. The number of ether oxygens (including phenoxy) is 1. The fourth-order valence-corrected chi connectivity index (χ4v) is 2.52. The fourth-order valence-electron chi connectivity index (χ4n) is 2.52. The molecule has 1 aromatic carbocycles. The summed E-state index contributed by atoms with van der Waals surface area (Å²) in [6.07, 6.45) is 3.42. The molecule has 0 amide bonds. The third kappa shape index (κ3) is 2.69. The predicted octanol–water partition coefficient (Wildman–Crippen LogP) is 3.61. The number of rotatable bonds is 5. The molecule has 0 saturated carbocycles. The van der Waals surface area contributed by atoms with Gasteiger partial charge < -0.3 is 14.5 Å². The summed E-state index contributed by atoms with van der Waals surface area (Å²) in [7, 11) is 1.65. The molecule has 0 atom stereocenters. The molecule has 0 fully saturated rings. The number of furan rings is 1. The summed E-state index contributed by atoms with van der Waals surface area (Å²) in [5.74, 6) is 2.54. The molecule has 0 bridgehead atoms. The van der Waals surface area contributed by atoms with Gasteiger partial charge in [0.1, 0.15) is 17.3 Å². The summed E-state index contributed by atoms with van der Waals surface area (Å²) >= 11 is 0. The lowest BCUT2D eigenvalue weighted by atomic mass is 10.1. The molecule has 0 radical (unpaired) electrons. The molecule has 6 nitrogen and oxygen atoms in total. The number of hydrogen-bond acceptors (Lipinski definition) is 5. The highest BCUT2D eigenvalue weighted by molar-refractivity contribution is 5.66. The van der Waals surface area contributed by atoms with Crippen LogP contribution in [0.25, 0.3) is 16.9 Å². The van der Waals surface area contributed by atoms with Crippen LogP contribution in [0.4, 0.5) is 5.82 Å². The van der Waals surface area contributed by atoms with Crippen molar-refractivity contribution in [3.63, 3.8) is 0 Å². The monoisotopic (exact) mass is 320 g/mol. The second kappa shape index (κ2) is 6.08. The van der Waals surface area contributed by atoms with Crippen LogP contribution in [0.5, 0.6) is 5.75 Å². The number of fused-ring (bicyclic) bond motifs is 1. The summed E-state index contributed by atoms with van der Waals surface area (Å²) in [6, 6.07) is 15.4. The Morgan fingerprint density at radius 1 is 1.17 bits per heavy atom. The lowest BCUT2D eigenvalue weighted by molar-refractivity contribution is 0.415. The molecule has 3 heterocycles. The standard InChI is InChI=1S/C18H16N4O2/c1-23-14-6-4-13(5-7-14)16-11-18-19-9-8-17(22(18)21-16)20-12-15-3-2-10-24-15/h2-11,20H,12H2,1H3. The minimum absolute atomic E-state index is 0.587. The molecule has 0 aliphatic carbocycles. The Balaban J connectivity index is 1.65. The lowest BCUT2D eigenvalue weighted by Gasteiger charge is -2.06. The van der Waals surface area contributed by atoms with E-state index >= 15 is 0 Å². The maximum Gasteiger partial charge on any atom is 0.157 e. The molecule has 1 N–H and O–H groups in total. The Hall–Kier alpha value is -3.28. The van der Waals surface area contributed by atoms with E-state index in [4.69, 9.17) is 9.15 Å². The summed E-state index contributed by atoms with van der Waals surface area (Å²) in [5.41, 5.74) is 2.65. The number of benzene rings is 1. The number of methoxy groups -OCH3 is 1. The van der Waals surface area contributed by atoms with Crippen LogP contribution < -0.4 is 10.1 Å². The van der Waals surface area contributed by atoms with Gasteiger partial charge in [0.15, 0.2) is 5.65 Å². The van der Waals surface area contributed by atoms with Crippen LogP contribution in [0.2, 0.25) is 0 Å². The van der Waals surface area contributed by atoms with Crippen LogP contribution in [0.15, 0.2) is 65.4 Å². The number of aromatic nitrogens is 3. The molecule has 4 rings (SSSR count). The first-order valence-electron chi connectivity index (χ1n) is 7.59. The Labute approximate surface area is 138 Å². The quantitative estimate of drug-likeness (QED) is 0.608. The van der Waals surface area contributed by atoms with Gasteiger partial charge in [0.25, 0.3) is 0 Å². The minimum atomic E-state index is 0.587. The highest BCUT2D eigenvalue weighted by Gasteiger charge is 2.09. The van der Waals surface area contributed by atoms with Crippen molar-refractivity contribution in [2.45, 2.75) is 6.54 Å². The van der Waals surface area contributed by atoms with Crippen molar-refractivity contribution in [1.29, 1.82) is 0 Å². The Morgan fingerprint density at radius 3 is 2.79 bits per heavy atom. The molecule has 120 valence electrons. The summed E-state index contributed by atoms with van der Waals surface area (Å²) in [6.45, 7) is 0.587. The molecule has 0 saturated heterocycles. The van der Waals surface area contributed by atoms with Gasteiger partial charge in [0.05, 0.1) is 25.6 Å². The van der Waals surface area contributed by atoms with Gasteiger partial charge in [0.2, 0.25) is 0 Å². The van der Waals surface area contributed by atoms with E-state index in [1.807, 2.05) is 48.5 Å². The second-order valence-electron chi connectivity index (χ2n) is 5.29. The van der Waals surface area contributed by atoms with Crippen LogP contribution in [0.1, 0.15) is 5.76 Å². The molecular weight excluding hydrogens is 304 g/mol. The SMILES string of the molecule is COc1ccc(-c2cc3nccc(NCc4ccco4)n3n2)cc1.